The van der Waals surface area contributed by atoms with Crippen molar-refractivity contribution >= 4 is 52.3 Å². The Labute approximate surface area is 225 Å². The lowest BCUT2D eigenvalue weighted by Gasteiger charge is -2.35. The van der Waals surface area contributed by atoms with Crippen molar-refractivity contribution in [2.45, 2.75) is 12.8 Å². The standard InChI is InChI=1S/C27H26ClN9O/c28-22-17-31-26-33-21-13-18(15-29-16-21)4-5-19-14-20(32-25(22)35-26)6-7-23(19)34-27(38)37-11-9-36(10-12-37)24-3-1-2-8-30-24/h1-3,6-8,13-17H,4-5,9-12H2,(H,34,38)(H2,31,32,33,35). The molecule has 4 aromatic rings. The molecule has 6 rings (SSSR count). The first-order valence-corrected chi connectivity index (χ1v) is 12.8. The van der Waals surface area contributed by atoms with E-state index in [1.165, 1.54) is 0 Å². The fourth-order valence-corrected chi connectivity index (χ4v) is 4.76. The Bertz CT molecular complexity index is 1460. The number of pyridine rings is 2. The van der Waals surface area contributed by atoms with Crippen LogP contribution in [-0.2, 0) is 12.8 Å². The van der Waals surface area contributed by atoms with Crippen LogP contribution in [0.2, 0.25) is 5.02 Å². The van der Waals surface area contributed by atoms with E-state index in [-0.39, 0.29) is 6.03 Å². The van der Waals surface area contributed by atoms with Crippen LogP contribution < -0.4 is 20.9 Å². The number of aryl methyl sites for hydroxylation is 2. The summed E-state index contributed by atoms with van der Waals surface area (Å²) in [6.45, 7) is 2.72. The molecule has 2 aliphatic rings. The highest BCUT2D eigenvalue weighted by molar-refractivity contribution is 6.32. The molecule has 5 heterocycles. The van der Waals surface area contributed by atoms with Crippen LogP contribution in [0.1, 0.15) is 11.1 Å². The van der Waals surface area contributed by atoms with Gasteiger partial charge in [0.15, 0.2) is 5.82 Å². The summed E-state index contributed by atoms with van der Waals surface area (Å²) in [5.74, 6) is 1.84. The molecule has 1 saturated heterocycles. The molecule has 10 nitrogen and oxygen atoms in total. The third-order valence-corrected chi connectivity index (χ3v) is 6.90. The van der Waals surface area contributed by atoms with E-state index < -0.39 is 0 Å². The zero-order chi connectivity index (χ0) is 25.9. The number of benzene rings is 1. The van der Waals surface area contributed by atoms with Gasteiger partial charge in [-0.25, -0.2) is 14.8 Å². The molecule has 2 amide bonds. The third kappa shape index (κ3) is 5.30. The third-order valence-electron chi connectivity index (χ3n) is 6.63. The van der Waals surface area contributed by atoms with Gasteiger partial charge in [-0.05, 0) is 60.4 Å². The topological polar surface area (TPSA) is 111 Å². The van der Waals surface area contributed by atoms with E-state index in [9.17, 15) is 4.79 Å². The number of hydrogen-bond acceptors (Lipinski definition) is 8. The van der Waals surface area contributed by atoms with Crippen LogP contribution in [0.25, 0.3) is 0 Å². The molecule has 0 aliphatic carbocycles. The van der Waals surface area contributed by atoms with Gasteiger partial charge in [-0.3, -0.25) is 4.98 Å². The lowest BCUT2D eigenvalue weighted by Crippen LogP contribution is -2.50. The number of hydrogen-bond donors (Lipinski definition) is 3. The fourth-order valence-electron chi connectivity index (χ4n) is 4.63. The Morgan fingerprint density at radius 3 is 2.66 bits per heavy atom. The second-order valence-electron chi connectivity index (χ2n) is 9.19. The van der Waals surface area contributed by atoms with Gasteiger partial charge in [0.1, 0.15) is 10.8 Å². The van der Waals surface area contributed by atoms with Crippen LogP contribution >= 0.6 is 11.6 Å². The summed E-state index contributed by atoms with van der Waals surface area (Å²) in [4.78, 5) is 34.9. The number of fused-ring (bicyclic) bond motifs is 6. The number of anilines is 6. The van der Waals surface area contributed by atoms with Crippen molar-refractivity contribution in [3.05, 3.63) is 83.4 Å². The lowest BCUT2D eigenvalue weighted by atomic mass is 10.0. The zero-order valence-electron chi connectivity index (χ0n) is 20.6. The van der Waals surface area contributed by atoms with Crippen LogP contribution in [0.15, 0.2) is 67.3 Å². The number of nitrogens with one attached hydrogen (secondary N) is 3. The summed E-state index contributed by atoms with van der Waals surface area (Å²) in [7, 11) is 0. The van der Waals surface area contributed by atoms with Crippen molar-refractivity contribution in [2.75, 3.05) is 47.0 Å². The fraction of sp³-hybridized carbons (Fsp3) is 0.222. The van der Waals surface area contributed by atoms with Crippen LogP contribution in [0.4, 0.5) is 39.4 Å². The smallest absolute Gasteiger partial charge is 0.321 e. The summed E-state index contributed by atoms with van der Waals surface area (Å²) < 4.78 is 0. The molecule has 11 heteroatoms. The van der Waals surface area contributed by atoms with Gasteiger partial charge >= 0.3 is 6.03 Å². The van der Waals surface area contributed by atoms with E-state index in [4.69, 9.17) is 11.6 Å². The Balaban J connectivity index is 1.22. The van der Waals surface area contributed by atoms with Gasteiger partial charge in [0.05, 0.1) is 18.1 Å². The maximum Gasteiger partial charge on any atom is 0.321 e. The number of urea groups is 1. The molecule has 1 aromatic carbocycles. The van der Waals surface area contributed by atoms with E-state index in [0.717, 1.165) is 53.5 Å². The Morgan fingerprint density at radius 2 is 1.82 bits per heavy atom. The summed E-state index contributed by atoms with van der Waals surface area (Å²) in [5.41, 5.74) is 4.44. The number of carbonyl (C=O) groups excluding carboxylic acids is 1. The second-order valence-corrected chi connectivity index (χ2v) is 9.59. The van der Waals surface area contributed by atoms with Gasteiger partial charge in [0.25, 0.3) is 0 Å². The summed E-state index contributed by atoms with van der Waals surface area (Å²) >= 11 is 6.37. The van der Waals surface area contributed by atoms with Crippen LogP contribution in [0, 0.1) is 0 Å². The van der Waals surface area contributed by atoms with Crippen molar-refractivity contribution in [2.24, 2.45) is 0 Å². The van der Waals surface area contributed by atoms with Gasteiger partial charge in [0.2, 0.25) is 5.95 Å². The van der Waals surface area contributed by atoms with E-state index in [1.807, 2.05) is 53.6 Å². The van der Waals surface area contributed by atoms with Crippen molar-refractivity contribution in [3.63, 3.8) is 0 Å². The minimum atomic E-state index is -0.109. The van der Waals surface area contributed by atoms with Gasteiger partial charge < -0.3 is 25.8 Å². The van der Waals surface area contributed by atoms with Gasteiger partial charge in [-0.15, -0.1) is 0 Å². The van der Waals surface area contributed by atoms with Gasteiger partial charge in [0, 0.05) is 49.9 Å². The highest BCUT2D eigenvalue weighted by atomic mass is 35.5. The van der Waals surface area contributed by atoms with E-state index in [2.05, 4.69) is 40.8 Å². The van der Waals surface area contributed by atoms with E-state index in [1.54, 1.807) is 18.6 Å². The number of rotatable bonds is 2. The molecule has 3 N–H and O–H groups in total. The molecule has 38 heavy (non-hydrogen) atoms. The second kappa shape index (κ2) is 10.5. The Kier molecular flexibility index (Phi) is 6.62. The maximum atomic E-state index is 13.2. The lowest BCUT2D eigenvalue weighted by molar-refractivity contribution is 0.208. The molecule has 192 valence electrons. The minimum Gasteiger partial charge on any atom is -0.353 e. The summed E-state index contributed by atoms with van der Waals surface area (Å²) in [5, 5.41) is 10.0. The minimum absolute atomic E-state index is 0.109. The monoisotopic (exact) mass is 527 g/mol. The predicted octanol–water partition coefficient (Wildman–Crippen LogP) is 4.86. The molecule has 0 unspecified atom stereocenters. The molecule has 2 aliphatic heterocycles. The SMILES string of the molecule is O=C(Nc1ccc2cc1CCc1cncc(c1)Nc1ncc(Cl)c(n1)N2)N1CCN(c2ccccn2)CC1. The van der Waals surface area contributed by atoms with Crippen molar-refractivity contribution < 1.29 is 4.79 Å². The largest absolute Gasteiger partial charge is 0.353 e. The zero-order valence-corrected chi connectivity index (χ0v) is 21.3. The average Bonchev–Trinajstić information content (AvgIpc) is 2.95. The first-order valence-electron chi connectivity index (χ1n) is 12.5. The van der Waals surface area contributed by atoms with Gasteiger partial charge in [-0.1, -0.05) is 17.7 Å². The first-order chi connectivity index (χ1) is 18.6. The maximum absolute atomic E-state index is 13.2. The highest BCUT2D eigenvalue weighted by Crippen LogP contribution is 2.29. The van der Waals surface area contributed by atoms with E-state index in [0.29, 0.717) is 36.3 Å². The van der Waals surface area contributed by atoms with Crippen molar-refractivity contribution in [3.8, 4) is 0 Å². The van der Waals surface area contributed by atoms with Gasteiger partial charge in [-0.2, -0.15) is 4.98 Å². The van der Waals surface area contributed by atoms with Crippen LogP contribution in [0.3, 0.4) is 0 Å². The number of aromatic nitrogens is 4. The first kappa shape index (κ1) is 23.9. The molecule has 1 fully saturated rings. The molecular formula is C27H26ClN9O. The molecule has 3 aromatic heterocycles. The Morgan fingerprint density at radius 1 is 0.921 bits per heavy atom. The number of amides is 2. The van der Waals surface area contributed by atoms with Crippen LogP contribution in [-0.4, -0.2) is 57.0 Å². The summed E-state index contributed by atoms with van der Waals surface area (Å²) in [6.07, 6.45) is 8.38. The summed E-state index contributed by atoms with van der Waals surface area (Å²) in [6, 6.07) is 13.6. The molecular weight excluding hydrogens is 502 g/mol. The van der Waals surface area contributed by atoms with E-state index >= 15 is 0 Å². The average molecular weight is 528 g/mol. The highest BCUT2D eigenvalue weighted by Gasteiger charge is 2.22. The molecule has 0 radical (unpaired) electrons. The Hall–Kier alpha value is -4.44. The van der Waals surface area contributed by atoms with Crippen LogP contribution in [0.5, 0.6) is 0 Å². The number of nitrogens with zero attached hydrogens (tertiary/aromatic N) is 6. The number of carbonyl (C=O) groups is 1. The van der Waals surface area contributed by atoms with Crippen molar-refractivity contribution in [1.29, 1.82) is 0 Å². The molecule has 0 saturated carbocycles. The van der Waals surface area contributed by atoms with Crippen molar-refractivity contribution in [1.82, 2.24) is 24.8 Å². The quantitative estimate of drug-likeness (QED) is 0.339. The number of piperazine rings is 1. The molecule has 6 bridgehead atoms. The molecule has 0 atom stereocenters. The number of halogens is 1. The predicted molar refractivity (Wildman–Crippen MR) is 149 cm³/mol. The normalized spacial score (nSPS) is 14.8. The molecule has 0 spiro atoms.